The van der Waals surface area contributed by atoms with Gasteiger partial charge in [-0.2, -0.15) is 5.26 Å². The van der Waals surface area contributed by atoms with E-state index in [0.717, 1.165) is 6.07 Å². The minimum absolute atomic E-state index is 0.0267. The van der Waals surface area contributed by atoms with Crippen LogP contribution >= 0.6 is 0 Å². The van der Waals surface area contributed by atoms with E-state index in [-0.39, 0.29) is 28.5 Å². The Kier molecular flexibility index (Phi) is 4.34. The number of hydrogen-bond donors (Lipinski definition) is 0. The number of hydrogen-bond acceptors (Lipinski definition) is 6. The Bertz CT molecular complexity index is 780. The van der Waals surface area contributed by atoms with Crippen molar-refractivity contribution in [3.8, 4) is 23.3 Å². The summed E-state index contributed by atoms with van der Waals surface area (Å²) < 4.78 is 10.6. The van der Waals surface area contributed by atoms with Gasteiger partial charge in [-0.15, -0.1) is 0 Å². The van der Waals surface area contributed by atoms with E-state index in [9.17, 15) is 14.9 Å². The van der Waals surface area contributed by atoms with Crippen LogP contribution in [0.3, 0.4) is 0 Å². The van der Waals surface area contributed by atoms with Gasteiger partial charge in [-0.05, 0) is 30.3 Å². The number of nitrogens with zero attached hydrogens (tertiary/aromatic N) is 2. The first-order valence-electron chi connectivity index (χ1n) is 6.08. The molecule has 2 aromatic carbocycles. The molecule has 0 amide bonds. The van der Waals surface area contributed by atoms with Gasteiger partial charge in [-0.1, -0.05) is 0 Å². The fraction of sp³-hybridized carbons (Fsp3) is 0.0667. The van der Waals surface area contributed by atoms with Crippen molar-refractivity contribution >= 4 is 12.0 Å². The van der Waals surface area contributed by atoms with Crippen LogP contribution in [0, 0.1) is 21.4 Å². The van der Waals surface area contributed by atoms with Crippen molar-refractivity contribution in [3.05, 3.63) is 57.6 Å². The average molecular weight is 298 g/mol. The van der Waals surface area contributed by atoms with Gasteiger partial charge >= 0.3 is 5.69 Å². The van der Waals surface area contributed by atoms with Crippen molar-refractivity contribution in [3.63, 3.8) is 0 Å². The molecule has 0 spiro atoms. The quantitative estimate of drug-likeness (QED) is 0.477. The average Bonchev–Trinajstić information content (AvgIpc) is 2.55. The van der Waals surface area contributed by atoms with E-state index in [1.54, 1.807) is 0 Å². The monoisotopic (exact) mass is 298 g/mol. The molecule has 0 radical (unpaired) electrons. The largest absolute Gasteiger partial charge is 0.493 e. The smallest absolute Gasteiger partial charge is 0.312 e. The molecule has 0 aliphatic rings. The maximum Gasteiger partial charge on any atom is 0.312 e. The molecular formula is C15H10N2O5. The highest BCUT2D eigenvalue weighted by atomic mass is 16.6. The maximum atomic E-state index is 11.1. The number of nitriles is 1. The maximum absolute atomic E-state index is 11.1. The number of methoxy groups -OCH3 is 1. The molecule has 7 heteroatoms. The summed E-state index contributed by atoms with van der Waals surface area (Å²) in [4.78, 5) is 21.2. The Balaban J connectivity index is 2.45. The molecule has 0 heterocycles. The normalized spacial score (nSPS) is 9.64. The Morgan fingerprint density at radius 3 is 2.50 bits per heavy atom. The Hall–Kier alpha value is -3.40. The summed E-state index contributed by atoms with van der Waals surface area (Å²) in [5.74, 6) is 0.463. The van der Waals surface area contributed by atoms with E-state index in [2.05, 4.69) is 0 Å². The topological polar surface area (TPSA) is 102 Å². The molecule has 110 valence electrons. The zero-order valence-electron chi connectivity index (χ0n) is 11.5. The van der Waals surface area contributed by atoms with Gasteiger partial charge in [-0.25, -0.2) is 0 Å². The van der Waals surface area contributed by atoms with Crippen molar-refractivity contribution in [1.82, 2.24) is 0 Å². The molecule has 0 saturated carbocycles. The van der Waals surface area contributed by atoms with E-state index in [0.29, 0.717) is 11.8 Å². The second-order valence-corrected chi connectivity index (χ2v) is 4.18. The standard InChI is InChI=1S/C15H10N2O5/c1-21-15-7-11(9-18)3-5-14(15)22-13-4-2-10(8-16)6-12(13)17(19)20/h2-7,9H,1H3. The molecule has 0 aliphatic carbocycles. The van der Waals surface area contributed by atoms with Gasteiger partial charge in [0.25, 0.3) is 0 Å². The van der Waals surface area contributed by atoms with Crippen LogP contribution in [0.4, 0.5) is 5.69 Å². The van der Waals surface area contributed by atoms with Crippen molar-refractivity contribution < 1.29 is 19.2 Å². The summed E-state index contributed by atoms with van der Waals surface area (Å²) >= 11 is 0. The predicted molar refractivity (Wildman–Crippen MR) is 76.3 cm³/mol. The van der Waals surface area contributed by atoms with Gasteiger partial charge in [0, 0.05) is 11.6 Å². The summed E-state index contributed by atoms with van der Waals surface area (Å²) in [6, 6.07) is 10.1. The molecular weight excluding hydrogens is 288 g/mol. The minimum Gasteiger partial charge on any atom is -0.493 e. The lowest BCUT2D eigenvalue weighted by atomic mass is 10.2. The Labute approximate surface area is 125 Å². The molecule has 0 N–H and O–H groups in total. The first kappa shape index (κ1) is 15.0. The lowest BCUT2D eigenvalue weighted by molar-refractivity contribution is -0.385. The highest BCUT2D eigenvalue weighted by Gasteiger charge is 2.18. The lowest BCUT2D eigenvalue weighted by Crippen LogP contribution is -1.96. The van der Waals surface area contributed by atoms with E-state index in [4.69, 9.17) is 14.7 Å². The van der Waals surface area contributed by atoms with Gasteiger partial charge in [0.2, 0.25) is 5.75 Å². The molecule has 0 saturated heterocycles. The summed E-state index contributed by atoms with van der Waals surface area (Å²) in [6.45, 7) is 0. The third-order valence-electron chi connectivity index (χ3n) is 2.83. The molecule has 0 bridgehead atoms. The highest BCUT2D eigenvalue weighted by Crippen LogP contribution is 2.36. The van der Waals surface area contributed by atoms with E-state index in [1.165, 1.54) is 37.4 Å². The molecule has 0 unspecified atom stereocenters. The molecule has 2 rings (SSSR count). The van der Waals surface area contributed by atoms with Crippen LogP contribution in [0.1, 0.15) is 15.9 Å². The zero-order chi connectivity index (χ0) is 16.1. The lowest BCUT2D eigenvalue weighted by Gasteiger charge is -2.11. The Morgan fingerprint density at radius 1 is 1.18 bits per heavy atom. The van der Waals surface area contributed by atoms with Crippen molar-refractivity contribution in [2.24, 2.45) is 0 Å². The third kappa shape index (κ3) is 3.02. The summed E-state index contributed by atoms with van der Waals surface area (Å²) in [7, 11) is 1.39. The molecule has 0 aliphatic heterocycles. The summed E-state index contributed by atoms with van der Waals surface area (Å²) in [5.41, 5.74) is 0.210. The van der Waals surface area contributed by atoms with Crippen LogP contribution in [-0.4, -0.2) is 18.3 Å². The van der Waals surface area contributed by atoms with Crippen LogP contribution in [0.25, 0.3) is 0 Å². The first-order valence-corrected chi connectivity index (χ1v) is 6.08. The third-order valence-corrected chi connectivity index (χ3v) is 2.83. The van der Waals surface area contributed by atoms with Gasteiger partial charge in [-0.3, -0.25) is 14.9 Å². The summed E-state index contributed by atoms with van der Waals surface area (Å²) in [5, 5.41) is 19.9. The van der Waals surface area contributed by atoms with Crippen LogP contribution in [0.2, 0.25) is 0 Å². The molecule has 0 atom stereocenters. The fourth-order valence-electron chi connectivity index (χ4n) is 1.78. The van der Waals surface area contributed by atoms with Crippen LogP contribution in [0.5, 0.6) is 17.2 Å². The van der Waals surface area contributed by atoms with Crippen molar-refractivity contribution in [1.29, 1.82) is 5.26 Å². The van der Waals surface area contributed by atoms with Crippen molar-refractivity contribution in [2.45, 2.75) is 0 Å². The molecule has 0 fully saturated rings. The zero-order valence-corrected chi connectivity index (χ0v) is 11.5. The minimum atomic E-state index is -0.636. The highest BCUT2D eigenvalue weighted by molar-refractivity contribution is 5.76. The predicted octanol–water partition coefficient (Wildman–Crippen LogP) is 3.08. The molecule has 22 heavy (non-hydrogen) atoms. The number of rotatable bonds is 5. The number of nitro groups is 1. The second-order valence-electron chi connectivity index (χ2n) is 4.18. The van der Waals surface area contributed by atoms with Crippen LogP contribution in [-0.2, 0) is 0 Å². The van der Waals surface area contributed by atoms with Crippen molar-refractivity contribution in [2.75, 3.05) is 7.11 Å². The molecule has 0 aromatic heterocycles. The van der Waals surface area contributed by atoms with Gasteiger partial charge in [0.05, 0.1) is 23.7 Å². The second kappa shape index (κ2) is 6.37. The number of ether oxygens (including phenoxy) is 2. The van der Waals surface area contributed by atoms with E-state index >= 15 is 0 Å². The summed E-state index contributed by atoms with van der Waals surface area (Å²) in [6.07, 6.45) is 0.649. The number of aldehydes is 1. The molecule has 7 nitrogen and oxygen atoms in total. The first-order chi connectivity index (χ1) is 10.6. The van der Waals surface area contributed by atoms with Crippen LogP contribution in [0.15, 0.2) is 36.4 Å². The van der Waals surface area contributed by atoms with Gasteiger partial charge in [0.15, 0.2) is 11.5 Å². The van der Waals surface area contributed by atoms with Crippen LogP contribution < -0.4 is 9.47 Å². The molecule has 2 aromatic rings. The number of nitro benzene ring substituents is 1. The van der Waals surface area contributed by atoms with Gasteiger partial charge < -0.3 is 9.47 Å². The van der Waals surface area contributed by atoms with E-state index in [1.807, 2.05) is 6.07 Å². The Morgan fingerprint density at radius 2 is 1.91 bits per heavy atom. The number of carbonyl (C=O) groups excluding carboxylic acids is 1. The fourth-order valence-corrected chi connectivity index (χ4v) is 1.78. The van der Waals surface area contributed by atoms with Gasteiger partial charge in [0.1, 0.15) is 6.29 Å². The van der Waals surface area contributed by atoms with E-state index < -0.39 is 4.92 Å². The number of carbonyl (C=O) groups is 1. The SMILES string of the molecule is COc1cc(C=O)ccc1Oc1ccc(C#N)cc1[N+](=O)[O-]. The number of benzene rings is 2.